The maximum atomic E-state index is 11.8. The number of rotatable bonds is 10. The molecule has 0 aliphatic heterocycles. The summed E-state index contributed by atoms with van der Waals surface area (Å²) in [6.45, 7) is 0.888. The lowest BCUT2D eigenvalue weighted by Crippen LogP contribution is -2.53. The van der Waals surface area contributed by atoms with Gasteiger partial charge in [-0.2, -0.15) is 12.6 Å². The number of thiol groups is 1. The number of hydrogen-bond acceptors (Lipinski definition) is 7. The first-order valence-corrected chi connectivity index (χ1v) is 7.46. The minimum atomic E-state index is -1.50. The van der Waals surface area contributed by atoms with Crippen LogP contribution in [-0.2, 0) is 24.0 Å². The first-order chi connectivity index (χ1) is 11.1. The molecule has 4 amide bonds. The molecule has 3 unspecified atom stereocenters. The Morgan fingerprint density at radius 3 is 2.17 bits per heavy atom. The van der Waals surface area contributed by atoms with Gasteiger partial charge in [0.25, 0.3) is 0 Å². The molecule has 0 aliphatic rings. The largest absolute Gasteiger partial charge is 0.480 e. The molecule has 0 heterocycles. The van der Waals surface area contributed by atoms with Gasteiger partial charge in [-0.05, 0) is 6.92 Å². The average molecular weight is 363 g/mol. The number of aliphatic carboxylic acids is 1. The summed E-state index contributed by atoms with van der Waals surface area (Å²) in [7, 11) is 0. The zero-order chi connectivity index (χ0) is 18.9. The fraction of sp³-hybridized carbons (Fsp3) is 0.583. The van der Waals surface area contributed by atoms with Crippen molar-refractivity contribution in [3.63, 3.8) is 0 Å². The van der Waals surface area contributed by atoms with Gasteiger partial charge in [-0.1, -0.05) is 0 Å². The lowest BCUT2D eigenvalue weighted by Gasteiger charge is -2.18. The normalized spacial score (nSPS) is 14.0. The molecule has 0 radical (unpaired) electrons. The first-order valence-electron chi connectivity index (χ1n) is 6.83. The molecule has 136 valence electrons. The third-order valence-electron chi connectivity index (χ3n) is 2.75. The maximum absolute atomic E-state index is 11.8. The summed E-state index contributed by atoms with van der Waals surface area (Å²) in [5.41, 5.74) is 10.3. The Balaban J connectivity index is 4.43. The van der Waals surface area contributed by atoms with Gasteiger partial charge in [-0.3, -0.25) is 19.2 Å². The topological polar surface area (TPSA) is 194 Å². The summed E-state index contributed by atoms with van der Waals surface area (Å²) in [5.74, 6) is -4.32. The van der Waals surface area contributed by atoms with E-state index < -0.39 is 60.7 Å². The quantitative estimate of drug-likeness (QED) is 0.194. The highest BCUT2D eigenvalue weighted by Crippen LogP contribution is 1.94. The van der Waals surface area contributed by atoms with Crippen LogP contribution in [0.1, 0.15) is 13.3 Å². The SMILES string of the molecule is CC(NC(=O)CNC(=O)C(N)CS)C(=O)NC(CC(N)=O)C(=O)O. The predicted molar refractivity (Wildman–Crippen MR) is 85.8 cm³/mol. The van der Waals surface area contributed by atoms with Crippen molar-refractivity contribution in [3.8, 4) is 0 Å². The molecule has 11 nitrogen and oxygen atoms in total. The van der Waals surface area contributed by atoms with Gasteiger partial charge in [0.05, 0.1) is 19.0 Å². The van der Waals surface area contributed by atoms with Gasteiger partial charge in [-0.15, -0.1) is 0 Å². The molecule has 8 N–H and O–H groups in total. The second-order valence-corrected chi connectivity index (χ2v) is 5.23. The molecule has 0 spiro atoms. The van der Waals surface area contributed by atoms with E-state index in [0.29, 0.717) is 0 Å². The molecule has 12 heteroatoms. The van der Waals surface area contributed by atoms with E-state index >= 15 is 0 Å². The zero-order valence-corrected chi connectivity index (χ0v) is 13.8. The number of hydrogen-bond donors (Lipinski definition) is 7. The van der Waals surface area contributed by atoms with Gasteiger partial charge in [0.15, 0.2) is 0 Å². The van der Waals surface area contributed by atoms with E-state index in [2.05, 4.69) is 28.6 Å². The summed E-state index contributed by atoms with van der Waals surface area (Å²) in [6, 6.07) is -3.46. The third-order valence-corrected chi connectivity index (χ3v) is 3.14. The summed E-state index contributed by atoms with van der Waals surface area (Å²) >= 11 is 3.83. The van der Waals surface area contributed by atoms with Crippen molar-refractivity contribution >= 4 is 42.2 Å². The molecule has 0 saturated heterocycles. The van der Waals surface area contributed by atoms with Crippen LogP contribution >= 0.6 is 12.6 Å². The number of amides is 4. The Bertz CT molecular complexity index is 514. The van der Waals surface area contributed by atoms with E-state index in [0.717, 1.165) is 0 Å². The minimum absolute atomic E-state index is 0.0999. The highest BCUT2D eigenvalue weighted by atomic mass is 32.1. The van der Waals surface area contributed by atoms with E-state index in [1.807, 2.05) is 0 Å². The number of carboxylic acid groups (broad SMARTS) is 1. The number of primary amides is 1. The third kappa shape index (κ3) is 8.33. The van der Waals surface area contributed by atoms with Crippen molar-refractivity contribution in [2.24, 2.45) is 11.5 Å². The van der Waals surface area contributed by atoms with Gasteiger partial charge in [0, 0.05) is 5.75 Å². The summed E-state index contributed by atoms with van der Waals surface area (Å²) < 4.78 is 0. The van der Waals surface area contributed by atoms with Crippen molar-refractivity contribution in [3.05, 3.63) is 0 Å². The molecule has 3 atom stereocenters. The van der Waals surface area contributed by atoms with Crippen LogP contribution in [0.3, 0.4) is 0 Å². The molecule has 0 fully saturated rings. The predicted octanol–water partition coefficient (Wildman–Crippen LogP) is -3.69. The zero-order valence-electron chi connectivity index (χ0n) is 12.9. The highest BCUT2D eigenvalue weighted by molar-refractivity contribution is 7.80. The van der Waals surface area contributed by atoms with Crippen LogP contribution in [0.15, 0.2) is 0 Å². The summed E-state index contributed by atoms with van der Waals surface area (Å²) in [5, 5.41) is 15.5. The van der Waals surface area contributed by atoms with Crippen LogP contribution in [-0.4, -0.2) is 65.1 Å². The van der Waals surface area contributed by atoms with Crippen LogP contribution in [0.2, 0.25) is 0 Å². The van der Waals surface area contributed by atoms with Gasteiger partial charge in [0.1, 0.15) is 12.1 Å². The van der Waals surface area contributed by atoms with Crippen LogP contribution in [0.4, 0.5) is 0 Å². The lowest BCUT2D eigenvalue weighted by atomic mass is 10.2. The molecular formula is C12H21N5O6S. The van der Waals surface area contributed by atoms with Crippen molar-refractivity contribution in [2.75, 3.05) is 12.3 Å². The van der Waals surface area contributed by atoms with Gasteiger partial charge in [0.2, 0.25) is 23.6 Å². The van der Waals surface area contributed by atoms with E-state index in [-0.39, 0.29) is 5.75 Å². The molecular weight excluding hydrogens is 342 g/mol. The standard InChI is InChI=1S/C12H21N5O6S/c1-5(10(20)17-7(12(22)23)2-8(14)18)16-9(19)3-15-11(21)6(13)4-24/h5-7,24H,2-4,13H2,1H3,(H2,14,18)(H,15,21)(H,16,19)(H,17,20)(H,22,23). The Labute approximate surface area is 143 Å². The molecule has 0 aromatic carbocycles. The Morgan fingerprint density at radius 1 is 1.12 bits per heavy atom. The van der Waals surface area contributed by atoms with E-state index in [1.54, 1.807) is 0 Å². The van der Waals surface area contributed by atoms with Gasteiger partial charge >= 0.3 is 5.97 Å². The number of nitrogens with two attached hydrogens (primary N) is 2. The summed E-state index contributed by atoms with van der Waals surface area (Å²) in [4.78, 5) is 56.5. The molecule has 0 bridgehead atoms. The van der Waals surface area contributed by atoms with Crippen LogP contribution in [0.5, 0.6) is 0 Å². The van der Waals surface area contributed by atoms with Gasteiger partial charge < -0.3 is 32.5 Å². The minimum Gasteiger partial charge on any atom is -0.480 e. The number of nitrogens with one attached hydrogen (secondary N) is 3. The van der Waals surface area contributed by atoms with Crippen molar-refractivity contribution in [1.29, 1.82) is 0 Å². The fourth-order valence-electron chi connectivity index (χ4n) is 1.44. The highest BCUT2D eigenvalue weighted by Gasteiger charge is 2.25. The molecule has 0 aliphatic carbocycles. The van der Waals surface area contributed by atoms with Crippen LogP contribution in [0, 0.1) is 0 Å². The Kier molecular flexibility index (Phi) is 9.42. The molecule has 24 heavy (non-hydrogen) atoms. The smallest absolute Gasteiger partial charge is 0.326 e. The number of carbonyl (C=O) groups excluding carboxylic acids is 4. The Hall–Kier alpha value is -2.34. The van der Waals surface area contributed by atoms with Gasteiger partial charge in [-0.25, -0.2) is 4.79 Å². The summed E-state index contributed by atoms with van der Waals surface area (Å²) in [6.07, 6.45) is -0.584. The van der Waals surface area contributed by atoms with E-state index in [4.69, 9.17) is 16.6 Å². The van der Waals surface area contributed by atoms with Crippen molar-refractivity contribution in [2.45, 2.75) is 31.5 Å². The molecule has 0 aromatic heterocycles. The fourth-order valence-corrected chi connectivity index (χ4v) is 1.60. The first kappa shape index (κ1) is 21.7. The average Bonchev–Trinajstić information content (AvgIpc) is 2.50. The van der Waals surface area contributed by atoms with Crippen molar-refractivity contribution in [1.82, 2.24) is 16.0 Å². The Morgan fingerprint density at radius 2 is 1.71 bits per heavy atom. The molecule has 0 rings (SSSR count). The second kappa shape index (κ2) is 10.4. The maximum Gasteiger partial charge on any atom is 0.326 e. The molecule has 0 saturated carbocycles. The number of carboxylic acids is 1. The van der Waals surface area contributed by atoms with E-state index in [9.17, 15) is 24.0 Å². The molecule has 0 aromatic rings. The number of carbonyl (C=O) groups is 5. The van der Waals surface area contributed by atoms with Crippen LogP contribution in [0.25, 0.3) is 0 Å². The van der Waals surface area contributed by atoms with Crippen LogP contribution < -0.4 is 27.4 Å². The second-order valence-electron chi connectivity index (χ2n) is 4.87. The monoisotopic (exact) mass is 363 g/mol. The van der Waals surface area contributed by atoms with E-state index in [1.165, 1.54) is 6.92 Å². The van der Waals surface area contributed by atoms with Crippen molar-refractivity contribution < 1.29 is 29.1 Å². The lowest BCUT2D eigenvalue weighted by molar-refractivity contribution is -0.143.